The Morgan fingerprint density at radius 3 is 2.63 bits per heavy atom. The van der Waals surface area contributed by atoms with E-state index >= 15 is 0 Å². The van der Waals surface area contributed by atoms with E-state index in [2.05, 4.69) is 63.2 Å². The Kier molecular flexibility index (Phi) is 4.73. The van der Waals surface area contributed by atoms with Gasteiger partial charge in [0.15, 0.2) is 17.3 Å². The molecule has 27 heavy (non-hydrogen) atoms. The van der Waals surface area contributed by atoms with Gasteiger partial charge in [0.25, 0.3) is 0 Å². The maximum Gasteiger partial charge on any atom is 0.247 e. The summed E-state index contributed by atoms with van der Waals surface area (Å²) in [5.74, 6) is 3.12. The Labute approximate surface area is 159 Å². The van der Waals surface area contributed by atoms with Crippen molar-refractivity contribution in [3.05, 3.63) is 30.0 Å². The molecular formula is C19H26N6O2. The van der Waals surface area contributed by atoms with Crippen LogP contribution in [0.3, 0.4) is 0 Å². The Hall–Kier alpha value is -2.61. The Morgan fingerprint density at radius 1 is 1.07 bits per heavy atom. The predicted molar refractivity (Wildman–Crippen MR) is 103 cm³/mol. The second-order valence-electron chi connectivity index (χ2n) is 7.97. The van der Waals surface area contributed by atoms with Crippen LogP contribution in [0.5, 0.6) is 11.5 Å². The van der Waals surface area contributed by atoms with Crippen LogP contribution in [0.25, 0.3) is 0 Å². The highest BCUT2D eigenvalue weighted by atomic mass is 16.7. The van der Waals surface area contributed by atoms with E-state index in [4.69, 9.17) is 9.47 Å². The third kappa shape index (κ3) is 4.39. The minimum absolute atomic E-state index is 0.0589. The number of anilines is 2. The molecule has 1 saturated heterocycles. The van der Waals surface area contributed by atoms with Gasteiger partial charge in [0.1, 0.15) is 0 Å². The summed E-state index contributed by atoms with van der Waals surface area (Å²) in [5, 5.41) is 11.7. The van der Waals surface area contributed by atoms with Gasteiger partial charge in [-0.3, -0.25) is 4.90 Å². The van der Waals surface area contributed by atoms with Crippen molar-refractivity contribution in [1.29, 1.82) is 0 Å². The normalized spacial score (nSPS) is 17.2. The fraction of sp³-hybridized carbons (Fsp3) is 0.526. The number of nitrogens with one attached hydrogen (secondary N) is 1. The number of aromatic nitrogens is 3. The molecule has 1 aromatic carbocycles. The van der Waals surface area contributed by atoms with Crippen molar-refractivity contribution in [2.45, 2.75) is 32.9 Å². The zero-order valence-electron chi connectivity index (χ0n) is 16.1. The zero-order valence-corrected chi connectivity index (χ0v) is 16.1. The first kappa shape index (κ1) is 17.8. The molecule has 0 bridgehead atoms. The number of hydrogen-bond donors (Lipinski definition) is 1. The van der Waals surface area contributed by atoms with Crippen LogP contribution in [0.4, 0.5) is 11.8 Å². The van der Waals surface area contributed by atoms with E-state index in [1.165, 1.54) is 5.56 Å². The third-order valence-electron chi connectivity index (χ3n) is 4.55. The summed E-state index contributed by atoms with van der Waals surface area (Å²) in [5.41, 5.74) is 1.18. The highest BCUT2D eigenvalue weighted by molar-refractivity contribution is 5.44. The van der Waals surface area contributed by atoms with Crippen LogP contribution >= 0.6 is 0 Å². The van der Waals surface area contributed by atoms with Crippen molar-refractivity contribution >= 4 is 11.8 Å². The smallest absolute Gasteiger partial charge is 0.247 e. The van der Waals surface area contributed by atoms with Crippen LogP contribution in [0, 0.1) is 0 Å². The fourth-order valence-corrected chi connectivity index (χ4v) is 3.28. The molecule has 0 spiro atoms. The molecule has 3 heterocycles. The molecule has 8 nitrogen and oxygen atoms in total. The van der Waals surface area contributed by atoms with Gasteiger partial charge < -0.3 is 19.7 Å². The minimum Gasteiger partial charge on any atom is -0.454 e. The van der Waals surface area contributed by atoms with Gasteiger partial charge in [-0.25, -0.2) is 0 Å². The van der Waals surface area contributed by atoms with Crippen molar-refractivity contribution in [1.82, 2.24) is 20.1 Å². The van der Waals surface area contributed by atoms with Gasteiger partial charge in [-0.05, 0) is 38.5 Å². The molecule has 4 rings (SSSR count). The maximum absolute atomic E-state index is 5.47. The fourth-order valence-electron chi connectivity index (χ4n) is 3.28. The van der Waals surface area contributed by atoms with Crippen LogP contribution in [-0.4, -0.2) is 58.6 Å². The summed E-state index contributed by atoms with van der Waals surface area (Å²) in [6.07, 6.45) is 1.67. The van der Waals surface area contributed by atoms with E-state index in [1.807, 2.05) is 6.07 Å². The largest absolute Gasteiger partial charge is 0.454 e. The standard InChI is InChI=1S/C19H26N6O2/c1-19(2,3)22-17-11-20-23-18(21-17)25-8-6-24(7-9-25)12-14-4-5-15-16(10-14)27-13-26-15/h4-5,10-11H,6-9,12-13H2,1-3H3,(H,21,22,23). The molecule has 2 aliphatic heterocycles. The molecule has 0 atom stereocenters. The number of hydrogen-bond acceptors (Lipinski definition) is 8. The molecular weight excluding hydrogens is 344 g/mol. The molecule has 2 aromatic rings. The highest BCUT2D eigenvalue weighted by Gasteiger charge is 2.21. The summed E-state index contributed by atoms with van der Waals surface area (Å²) >= 11 is 0. The molecule has 1 aromatic heterocycles. The van der Waals surface area contributed by atoms with Crippen LogP contribution in [0.2, 0.25) is 0 Å². The lowest BCUT2D eigenvalue weighted by atomic mass is 10.1. The minimum atomic E-state index is -0.0589. The Balaban J connectivity index is 1.34. The summed E-state index contributed by atoms with van der Waals surface area (Å²) in [7, 11) is 0. The SMILES string of the molecule is CC(C)(C)Nc1cnnc(N2CCN(Cc3ccc4c(c3)OCO4)CC2)n1. The molecule has 0 aliphatic carbocycles. The van der Waals surface area contributed by atoms with Crippen LogP contribution in [-0.2, 0) is 6.54 Å². The van der Waals surface area contributed by atoms with Crippen LogP contribution in [0.1, 0.15) is 26.3 Å². The number of nitrogens with zero attached hydrogens (tertiary/aromatic N) is 5. The van der Waals surface area contributed by atoms with E-state index < -0.39 is 0 Å². The first-order valence-electron chi connectivity index (χ1n) is 9.30. The first-order chi connectivity index (χ1) is 13.0. The van der Waals surface area contributed by atoms with Crippen LogP contribution < -0.4 is 19.7 Å². The van der Waals surface area contributed by atoms with Gasteiger partial charge in [0.2, 0.25) is 12.7 Å². The lowest BCUT2D eigenvalue weighted by Crippen LogP contribution is -2.46. The molecule has 1 N–H and O–H groups in total. The molecule has 8 heteroatoms. The molecule has 0 unspecified atom stereocenters. The average molecular weight is 370 g/mol. The van der Waals surface area contributed by atoms with Crippen molar-refractivity contribution in [3.63, 3.8) is 0 Å². The monoisotopic (exact) mass is 370 g/mol. The molecule has 0 radical (unpaired) electrons. The van der Waals surface area contributed by atoms with Crippen molar-refractivity contribution in [2.75, 3.05) is 43.2 Å². The summed E-state index contributed by atoms with van der Waals surface area (Å²) in [4.78, 5) is 9.24. The highest BCUT2D eigenvalue weighted by Crippen LogP contribution is 2.32. The topological polar surface area (TPSA) is 75.6 Å². The number of fused-ring (bicyclic) bond motifs is 1. The number of ether oxygens (including phenoxy) is 2. The molecule has 1 fully saturated rings. The van der Waals surface area contributed by atoms with Gasteiger partial charge in [0, 0.05) is 38.3 Å². The van der Waals surface area contributed by atoms with E-state index in [0.29, 0.717) is 12.7 Å². The van der Waals surface area contributed by atoms with Gasteiger partial charge >= 0.3 is 0 Å². The summed E-state index contributed by atoms with van der Waals surface area (Å²) in [6.45, 7) is 11.2. The number of benzene rings is 1. The van der Waals surface area contributed by atoms with Gasteiger partial charge in [0.05, 0.1) is 6.20 Å². The van der Waals surface area contributed by atoms with Crippen molar-refractivity contribution in [2.24, 2.45) is 0 Å². The lowest BCUT2D eigenvalue weighted by molar-refractivity contribution is 0.174. The predicted octanol–water partition coefficient (Wildman–Crippen LogP) is 2.13. The Bertz CT molecular complexity index is 799. The maximum atomic E-state index is 5.47. The Morgan fingerprint density at radius 2 is 1.85 bits per heavy atom. The van der Waals surface area contributed by atoms with Gasteiger partial charge in [-0.1, -0.05) is 6.07 Å². The van der Waals surface area contributed by atoms with E-state index in [0.717, 1.165) is 50.0 Å². The average Bonchev–Trinajstić information content (AvgIpc) is 3.09. The quantitative estimate of drug-likeness (QED) is 0.877. The van der Waals surface area contributed by atoms with E-state index in [1.54, 1.807) is 6.20 Å². The number of rotatable bonds is 4. The van der Waals surface area contributed by atoms with Crippen molar-refractivity contribution in [3.8, 4) is 11.5 Å². The lowest BCUT2D eigenvalue weighted by Gasteiger charge is -2.34. The summed E-state index contributed by atoms with van der Waals surface area (Å²) < 4.78 is 10.8. The van der Waals surface area contributed by atoms with Gasteiger partial charge in [-0.2, -0.15) is 10.1 Å². The van der Waals surface area contributed by atoms with Crippen LogP contribution in [0.15, 0.2) is 24.4 Å². The van der Waals surface area contributed by atoms with E-state index in [-0.39, 0.29) is 5.54 Å². The molecule has 0 saturated carbocycles. The molecule has 2 aliphatic rings. The molecule has 0 amide bonds. The zero-order chi connectivity index (χ0) is 18.9. The third-order valence-corrected chi connectivity index (χ3v) is 4.55. The number of piperazine rings is 1. The van der Waals surface area contributed by atoms with E-state index in [9.17, 15) is 0 Å². The second-order valence-corrected chi connectivity index (χ2v) is 7.97. The summed E-state index contributed by atoms with van der Waals surface area (Å²) in [6, 6.07) is 6.17. The van der Waals surface area contributed by atoms with Crippen molar-refractivity contribution < 1.29 is 9.47 Å². The van der Waals surface area contributed by atoms with Gasteiger partial charge in [-0.15, -0.1) is 5.10 Å². The first-order valence-corrected chi connectivity index (χ1v) is 9.30. The molecule has 144 valence electrons. The second kappa shape index (κ2) is 7.19.